The number of nitrogens with zero attached hydrogens (tertiary/aromatic N) is 2. The largest absolute Gasteiger partial charge is 0.447 e. The van der Waals surface area contributed by atoms with E-state index >= 15 is 0 Å². The van der Waals surface area contributed by atoms with Crippen LogP contribution < -0.4 is 0 Å². The van der Waals surface area contributed by atoms with Gasteiger partial charge in [0.05, 0.1) is 6.04 Å². The molecule has 5 heteroatoms. The summed E-state index contributed by atoms with van der Waals surface area (Å²) in [4.78, 5) is 19.6. The van der Waals surface area contributed by atoms with Crippen LogP contribution in [0.1, 0.15) is 18.4 Å². The number of aromatic nitrogens is 1. The van der Waals surface area contributed by atoms with Crippen molar-refractivity contribution in [2.75, 3.05) is 20.7 Å². The Bertz CT molecular complexity index is 718. The fraction of sp³-hybridized carbons (Fsp3) is 0.500. The van der Waals surface area contributed by atoms with Crippen molar-refractivity contribution >= 4 is 17.0 Å². The second-order valence-electron chi connectivity index (χ2n) is 6.98. The number of carbonyl (C=O) groups is 1. The van der Waals surface area contributed by atoms with Crippen molar-refractivity contribution in [1.29, 1.82) is 0 Å². The first-order valence-corrected chi connectivity index (χ1v) is 8.29. The zero-order valence-corrected chi connectivity index (χ0v) is 13.7. The highest BCUT2D eigenvalue weighted by molar-refractivity contribution is 5.80. The lowest BCUT2D eigenvalue weighted by atomic mass is 9.84. The van der Waals surface area contributed by atoms with Gasteiger partial charge in [-0.3, -0.25) is 4.90 Å². The van der Waals surface area contributed by atoms with Crippen LogP contribution in [0.4, 0.5) is 4.79 Å². The summed E-state index contributed by atoms with van der Waals surface area (Å²) in [5, 5.41) is 1.22. The summed E-state index contributed by atoms with van der Waals surface area (Å²) < 4.78 is 5.34. The number of fused-ring (bicyclic) bond motifs is 1. The van der Waals surface area contributed by atoms with Crippen LogP contribution in [0.2, 0.25) is 0 Å². The van der Waals surface area contributed by atoms with Gasteiger partial charge in [-0.1, -0.05) is 6.07 Å². The summed E-state index contributed by atoms with van der Waals surface area (Å²) in [6, 6.07) is 9.62. The maximum atomic E-state index is 12.1. The predicted octanol–water partition coefficient (Wildman–Crippen LogP) is 2.62. The minimum atomic E-state index is -0.139. The topological polar surface area (TPSA) is 48.6 Å². The molecule has 1 amide bonds. The third kappa shape index (κ3) is 2.59. The van der Waals surface area contributed by atoms with Gasteiger partial charge in [0.15, 0.2) is 0 Å². The van der Waals surface area contributed by atoms with Gasteiger partial charge in [0.2, 0.25) is 0 Å². The molecule has 1 aliphatic heterocycles. The Kier molecular flexibility index (Phi) is 3.53. The first-order valence-electron chi connectivity index (χ1n) is 8.29. The summed E-state index contributed by atoms with van der Waals surface area (Å²) in [5.74, 6) is 0. The van der Waals surface area contributed by atoms with Crippen molar-refractivity contribution in [2.24, 2.45) is 0 Å². The summed E-state index contributed by atoms with van der Waals surface area (Å²) in [6.07, 6.45) is 4.78. The lowest BCUT2D eigenvalue weighted by Gasteiger charge is -2.44. The van der Waals surface area contributed by atoms with Crippen LogP contribution in [0, 0.1) is 0 Å². The van der Waals surface area contributed by atoms with E-state index in [4.69, 9.17) is 4.74 Å². The summed E-state index contributed by atoms with van der Waals surface area (Å²) in [7, 11) is 4.21. The van der Waals surface area contributed by atoms with Crippen LogP contribution in [0.3, 0.4) is 0 Å². The van der Waals surface area contributed by atoms with Gasteiger partial charge in [0, 0.05) is 23.8 Å². The SMILES string of the molecule is CN(C)C1CC(N2C(=O)OC[C@H]2Cc2ccc3[nH]ccc3c2)C1. The molecule has 0 unspecified atom stereocenters. The molecule has 2 fully saturated rings. The van der Waals surface area contributed by atoms with Crippen molar-refractivity contribution in [3.63, 3.8) is 0 Å². The fourth-order valence-electron chi connectivity index (χ4n) is 3.79. The Morgan fingerprint density at radius 3 is 2.91 bits per heavy atom. The average molecular weight is 313 g/mol. The Labute approximate surface area is 136 Å². The number of rotatable bonds is 4. The number of amides is 1. The average Bonchev–Trinajstić information content (AvgIpc) is 3.06. The number of benzene rings is 1. The lowest BCUT2D eigenvalue weighted by molar-refractivity contribution is 0.0615. The predicted molar refractivity (Wildman–Crippen MR) is 89.5 cm³/mol. The van der Waals surface area contributed by atoms with Crippen molar-refractivity contribution in [1.82, 2.24) is 14.8 Å². The molecule has 2 aliphatic rings. The van der Waals surface area contributed by atoms with Crippen LogP contribution in [-0.2, 0) is 11.2 Å². The Balaban J connectivity index is 1.48. The van der Waals surface area contributed by atoms with Crippen molar-refractivity contribution in [2.45, 2.75) is 37.4 Å². The number of hydrogen-bond donors (Lipinski definition) is 1. The van der Waals surface area contributed by atoms with Crippen LogP contribution in [0.15, 0.2) is 30.5 Å². The summed E-state index contributed by atoms with van der Waals surface area (Å²) in [5.41, 5.74) is 2.41. The zero-order valence-electron chi connectivity index (χ0n) is 13.7. The maximum absolute atomic E-state index is 12.1. The highest BCUT2D eigenvalue weighted by atomic mass is 16.6. The Morgan fingerprint density at radius 2 is 2.13 bits per heavy atom. The molecule has 0 radical (unpaired) electrons. The minimum absolute atomic E-state index is 0.139. The molecule has 1 atom stereocenters. The van der Waals surface area contributed by atoms with Crippen molar-refractivity contribution in [3.8, 4) is 0 Å². The van der Waals surface area contributed by atoms with E-state index in [2.05, 4.69) is 48.2 Å². The number of ether oxygens (including phenoxy) is 1. The van der Waals surface area contributed by atoms with Gasteiger partial charge in [0.1, 0.15) is 6.61 Å². The summed E-state index contributed by atoms with van der Waals surface area (Å²) in [6.45, 7) is 0.507. The standard InChI is InChI=1S/C18H23N3O2/c1-20(2)14-9-15(10-14)21-16(11-23-18(21)22)8-12-3-4-17-13(7-12)5-6-19-17/h3-7,14-16,19H,8-11H2,1-2H3/t14?,15?,16-/m1/s1. The smallest absolute Gasteiger partial charge is 0.410 e. The van der Waals surface area contributed by atoms with Crippen LogP contribution >= 0.6 is 0 Å². The number of carbonyl (C=O) groups excluding carboxylic acids is 1. The lowest BCUT2D eigenvalue weighted by Crippen LogP contribution is -2.55. The molecule has 122 valence electrons. The highest BCUT2D eigenvalue weighted by Gasteiger charge is 2.44. The van der Waals surface area contributed by atoms with Crippen LogP contribution in [0.5, 0.6) is 0 Å². The van der Waals surface area contributed by atoms with E-state index in [0.717, 1.165) is 24.8 Å². The normalized spacial score (nSPS) is 27.5. The monoisotopic (exact) mass is 313 g/mol. The molecule has 1 saturated heterocycles. The summed E-state index contributed by atoms with van der Waals surface area (Å²) >= 11 is 0. The number of cyclic esters (lactones) is 1. The maximum Gasteiger partial charge on any atom is 0.410 e. The van der Waals surface area contributed by atoms with E-state index in [-0.39, 0.29) is 12.1 Å². The van der Waals surface area contributed by atoms with Gasteiger partial charge >= 0.3 is 6.09 Å². The Morgan fingerprint density at radius 1 is 1.30 bits per heavy atom. The second-order valence-corrected chi connectivity index (χ2v) is 6.98. The van der Waals surface area contributed by atoms with E-state index in [0.29, 0.717) is 18.7 Å². The quantitative estimate of drug-likeness (QED) is 0.944. The minimum Gasteiger partial charge on any atom is -0.447 e. The molecule has 1 aromatic carbocycles. The van der Waals surface area contributed by atoms with E-state index in [1.54, 1.807) is 0 Å². The number of hydrogen-bond acceptors (Lipinski definition) is 3. The second kappa shape index (κ2) is 5.57. The third-order valence-electron chi connectivity index (χ3n) is 5.30. The molecule has 1 N–H and O–H groups in total. The van der Waals surface area contributed by atoms with Gasteiger partial charge in [-0.25, -0.2) is 4.79 Å². The molecule has 0 spiro atoms. The number of aromatic amines is 1. The highest BCUT2D eigenvalue weighted by Crippen LogP contribution is 2.33. The molecular formula is C18H23N3O2. The van der Waals surface area contributed by atoms with E-state index in [1.807, 2.05) is 11.1 Å². The molecule has 1 saturated carbocycles. The van der Waals surface area contributed by atoms with Crippen molar-refractivity contribution < 1.29 is 9.53 Å². The number of H-pyrrole nitrogens is 1. The molecule has 4 rings (SSSR count). The van der Waals surface area contributed by atoms with Gasteiger partial charge < -0.3 is 14.6 Å². The van der Waals surface area contributed by atoms with Crippen LogP contribution in [0.25, 0.3) is 10.9 Å². The Hall–Kier alpha value is -2.01. The molecule has 23 heavy (non-hydrogen) atoms. The molecule has 5 nitrogen and oxygen atoms in total. The third-order valence-corrected chi connectivity index (χ3v) is 5.30. The number of nitrogens with one attached hydrogen (secondary N) is 1. The zero-order chi connectivity index (χ0) is 16.0. The molecule has 1 aliphatic carbocycles. The van der Waals surface area contributed by atoms with Gasteiger partial charge in [-0.15, -0.1) is 0 Å². The van der Waals surface area contributed by atoms with E-state index in [1.165, 1.54) is 10.9 Å². The first kappa shape index (κ1) is 14.6. The van der Waals surface area contributed by atoms with Gasteiger partial charge in [-0.05, 0) is 62.5 Å². The van der Waals surface area contributed by atoms with E-state index in [9.17, 15) is 4.79 Å². The molecule has 0 bridgehead atoms. The van der Waals surface area contributed by atoms with Crippen molar-refractivity contribution in [3.05, 3.63) is 36.0 Å². The molecule has 2 aromatic rings. The van der Waals surface area contributed by atoms with Gasteiger partial charge in [0.25, 0.3) is 0 Å². The van der Waals surface area contributed by atoms with E-state index < -0.39 is 0 Å². The molecular weight excluding hydrogens is 290 g/mol. The fourth-order valence-corrected chi connectivity index (χ4v) is 3.79. The van der Waals surface area contributed by atoms with Gasteiger partial charge in [-0.2, -0.15) is 0 Å². The first-order chi connectivity index (χ1) is 11.1. The molecule has 1 aromatic heterocycles. The van der Waals surface area contributed by atoms with Crippen LogP contribution in [-0.4, -0.2) is 59.7 Å². The molecule has 2 heterocycles.